The number of hydrogen-bond donors (Lipinski definition) is 2. The molecule has 6 nitrogen and oxygen atoms in total. The maximum atomic E-state index is 12.1. The number of sulfonamides is 1. The summed E-state index contributed by atoms with van der Waals surface area (Å²) in [6.07, 6.45) is 0. The lowest BCUT2D eigenvalue weighted by atomic mass is 10.3. The molecule has 1 heterocycles. The van der Waals surface area contributed by atoms with Crippen LogP contribution in [0.1, 0.15) is 11.8 Å². The number of benzene rings is 1. The van der Waals surface area contributed by atoms with E-state index in [0.717, 1.165) is 11.3 Å². The third-order valence-corrected chi connectivity index (χ3v) is 5.28. The first kappa shape index (κ1) is 15.0. The molecule has 0 unspecified atom stereocenters. The maximum Gasteiger partial charge on any atom is 0.271 e. The highest BCUT2D eigenvalue weighted by Gasteiger charge is 2.17. The molecule has 1 aromatic heterocycles. The SMILES string of the molecule is CC(=O)Nc1ccc(NS(=O)(=O)c2ccc(C#N)s2)cc1. The second-order valence-electron chi connectivity index (χ2n) is 4.09. The van der Waals surface area contributed by atoms with Crippen LogP contribution in [-0.4, -0.2) is 14.3 Å². The zero-order valence-corrected chi connectivity index (χ0v) is 12.6. The number of nitriles is 1. The van der Waals surface area contributed by atoms with Gasteiger partial charge in [-0.25, -0.2) is 8.42 Å². The van der Waals surface area contributed by atoms with Crippen LogP contribution in [0.4, 0.5) is 11.4 Å². The largest absolute Gasteiger partial charge is 0.326 e. The highest BCUT2D eigenvalue weighted by Crippen LogP contribution is 2.24. The molecule has 2 rings (SSSR count). The molecule has 1 aromatic carbocycles. The normalized spacial score (nSPS) is 10.7. The number of amides is 1. The van der Waals surface area contributed by atoms with Gasteiger partial charge in [-0.2, -0.15) is 5.26 Å². The number of rotatable bonds is 4. The van der Waals surface area contributed by atoms with E-state index in [9.17, 15) is 13.2 Å². The van der Waals surface area contributed by atoms with Gasteiger partial charge in [0, 0.05) is 18.3 Å². The highest BCUT2D eigenvalue weighted by atomic mass is 32.2. The van der Waals surface area contributed by atoms with Gasteiger partial charge in [-0.3, -0.25) is 9.52 Å². The number of nitrogens with one attached hydrogen (secondary N) is 2. The summed E-state index contributed by atoms with van der Waals surface area (Å²) in [6, 6.07) is 11.0. The van der Waals surface area contributed by atoms with Crippen LogP contribution in [0, 0.1) is 11.3 Å². The van der Waals surface area contributed by atoms with Crippen LogP contribution in [0.2, 0.25) is 0 Å². The number of carbonyl (C=O) groups excluding carboxylic acids is 1. The van der Waals surface area contributed by atoms with Gasteiger partial charge in [0.05, 0.1) is 0 Å². The van der Waals surface area contributed by atoms with Crippen molar-refractivity contribution in [1.82, 2.24) is 0 Å². The first-order valence-corrected chi connectivity index (χ1v) is 8.11. The second-order valence-corrected chi connectivity index (χ2v) is 7.09. The van der Waals surface area contributed by atoms with E-state index in [4.69, 9.17) is 5.26 Å². The van der Waals surface area contributed by atoms with Crippen molar-refractivity contribution in [3.63, 3.8) is 0 Å². The molecule has 0 atom stereocenters. The molecule has 0 fully saturated rings. The monoisotopic (exact) mass is 321 g/mol. The zero-order chi connectivity index (χ0) is 15.5. The van der Waals surface area contributed by atoms with Crippen molar-refractivity contribution in [2.75, 3.05) is 10.0 Å². The summed E-state index contributed by atoms with van der Waals surface area (Å²) < 4.78 is 26.7. The fraction of sp³-hybridized carbons (Fsp3) is 0.0769. The summed E-state index contributed by atoms with van der Waals surface area (Å²) in [4.78, 5) is 11.2. The van der Waals surface area contributed by atoms with Gasteiger partial charge in [-0.15, -0.1) is 11.3 Å². The zero-order valence-electron chi connectivity index (χ0n) is 11.0. The summed E-state index contributed by atoms with van der Waals surface area (Å²) >= 11 is 0.902. The predicted molar refractivity (Wildman–Crippen MR) is 80.6 cm³/mol. The average Bonchev–Trinajstić information content (AvgIpc) is 2.90. The Kier molecular flexibility index (Phi) is 4.26. The fourth-order valence-electron chi connectivity index (χ4n) is 1.55. The van der Waals surface area contributed by atoms with Gasteiger partial charge in [0.1, 0.15) is 15.2 Å². The minimum absolute atomic E-state index is 0.0741. The van der Waals surface area contributed by atoms with Crippen molar-refractivity contribution in [2.45, 2.75) is 11.1 Å². The van der Waals surface area contributed by atoms with E-state index < -0.39 is 10.0 Å². The number of thiophene rings is 1. The Bertz CT molecular complexity index is 802. The molecular formula is C13H11N3O3S2. The van der Waals surface area contributed by atoms with Gasteiger partial charge in [0.15, 0.2) is 0 Å². The van der Waals surface area contributed by atoms with Gasteiger partial charge in [0.25, 0.3) is 10.0 Å². The molecule has 2 N–H and O–H groups in total. The third kappa shape index (κ3) is 3.81. The Morgan fingerprint density at radius 1 is 1.14 bits per heavy atom. The average molecular weight is 321 g/mol. The molecule has 0 saturated heterocycles. The van der Waals surface area contributed by atoms with Crippen molar-refractivity contribution in [1.29, 1.82) is 5.26 Å². The first-order valence-electron chi connectivity index (χ1n) is 5.81. The van der Waals surface area contributed by atoms with E-state index in [0.29, 0.717) is 16.3 Å². The van der Waals surface area contributed by atoms with E-state index >= 15 is 0 Å². The minimum Gasteiger partial charge on any atom is -0.326 e. The number of carbonyl (C=O) groups is 1. The molecule has 2 aromatic rings. The standard InChI is InChI=1S/C13H11N3O3S2/c1-9(17)15-10-2-4-11(5-3-10)16-21(18,19)13-7-6-12(8-14)20-13/h2-7,16H,1H3,(H,15,17). The summed E-state index contributed by atoms with van der Waals surface area (Å²) in [7, 11) is -3.71. The lowest BCUT2D eigenvalue weighted by molar-refractivity contribution is -0.114. The van der Waals surface area contributed by atoms with Crippen LogP contribution < -0.4 is 10.0 Å². The molecule has 0 saturated carbocycles. The summed E-state index contributed by atoms with van der Waals surface area (Å²) in [5.74, 6) is -0.203. The highest BCUT2D eigenvalue weighted by molar-refractivity contribution is 7.94. The molecular weight excluding hydrogens is 310 g/mol. The Hall–Kier alpha value is -2.37. The molecule has 0 aliphatic heterocycles. The van der Waals surface area contributed by atoms with Crippen molar-refractivity contribution >= 4 is 38.6 Å². The van der Waals surface area contributed by atoms with Gasteiger partial charge >= 0.3 is 0 Å². The Morgan fingerprint density at radius 2 is 1.76 bits per heavy atom. The maximum absolute atomic E-state index is 12.1. The van der Waals surface area contributed by atoms with Crippen LogP contribution in [0.15, 0.2) is 40.6 Å². The number of nitrogens with zero attached hydrogens (tertiary/aromatic N) is 1. The molecule has 0 spiro atoms. The van der Waals surface area contributed by atoms with Crippen LogP contribution >= 0.6 is 11.3 Å². The van der Waals surface area contributed by atoms with Crippen molar-refractivity contribution in [3.8, 4) is 6.07 Å². The fourth-order valence-corrected chi connectivity index (χ4v) is 3.72. The Balaban J connectivity index is 2.17. The molecule has 0 aliphatic rings. The smallest absolute Gasteiger partial charge is 0.271 e. The summed E-state index contributed by atoms with van der Waals surface area (Å²) in [6.45, 7) is 1.39. The predicted octanol–water partition coefficient (Wildman–Crippen LogP) is 2.38. The molecule has 0 aliphatic carbocycles. The number of hydrogen-bond acceptors (Lipinski definition) is 5. The Labute approximate surface area is 126 Å². The molecule has 0 radical (unpaired) electrons. The van der Waals surface area contributed by atoms with E-state index in [1.165, 1.54) is 19.1 Å². The minimum atomic E-state index is -3.71. The summed E-state index contributed by atoms with van der Waals surface area (Å²) in [5, 5.41) is 11.3. The van der Waals surface area contributed by atoms with E-state index in [1.54, 1.807) is 24.3 Å². The second kappa shape index (κ2) is 5.95. The van der Waals surface area contributed by atoms with Gasteiger partial charge in [0.2, 0.25) is 5.91 Å². The third-order valence-electron chi connectivity index (χ3n) is 2.41. The van der Waals surface area contributed by atoms with Crippen molar-refractivity contribution in [2.24, 2.45) is 0 Å². The molecule has 0 bridgehead atoms. The molecule has 21 heavy (non-hydrogen) atoms. The number of anilines is 2. The topological polar surface area (TPSA) is 99.1 Å². The first-order chi connectivity index (χ1) is 9.90. The van der Waals surface area contributed by atoms with Crippen molar-refractivity contribution in [3.05, 3.63) is 41.3 Å². The van der Waals surface area contributed by atoms with Crippen LogP contribution in [0.3, 0.4) is 0 Å². The quantitative estimate of drug-likeness (QED) is 0.903. The van der Waals surface area contributed by atoms with Crippen molar-refractivity contribution < 1.29 is 13.2 Å². The lowest BCUT2D eigenvalue weighted by Crippen LogP contribution is -2.11. The van der Waals surface area contributed by atoms with Gasteiger partial charge in [-0.05, 0) is 36.4 Å². The van der Waals surface area contributed by atoms with Crippen LogP contribution in [0.25, 0.3) is 0 Å². The molecule has 108 valence electrons. The summed E-state index contributed by atoms with van der Waals surface area (Å²) in [5.41, 5.74) is 0.948. The van der Waals surface area contributed by atoms with Gasteiger partial charge < -0.3 is 5.32 Å². The van der Waals surface area contributed by atoms with Crippen LogP contribution in [0.5, 0.6) is 0 Å². The van der Waals surface area contributed by atoms with E-state index in [1.807, 2.05) is 6.07 Å². The Morgan fingerprint density at radius 3 is 2.29 bits per heavy atom. The van der Waals surface area contributed by atoms with E-state index in [2.05, 4.69) is 10.0 Å². The molecule has 1 amide bonds. The van der Waals surface area contributed by atoms with Gasteiger partial charge in [-0.1, -0.05) is 0 Å². The van der Waals surface area contributed by atoms with Crippen LogP contribution in [-0.2, 0) is 14.8 Å². The lowest BCUT2D eigenvalue weighted by Gasteiger charge is -2.07. The van der Waals surface area contributed by atoms with E-state index in [-0.39, 0.29) is 10.1 Å². The molecule has 8 heteroatoms.